The lowest BCUT2D eigenvalue weighted by molar-refractivity contribution is 0.102. The summed E-state index contributed by atoms with van der Waals surface area (Å²) >= 11 is 0. The maximum Gasteiger partial charge on any atom is 0.257 e. The van der Waals surface area contributed by atoms with Gasteiger partial charge in [-0.15, -0.1) is 0 Å². The molecular formula is C17H15N3O. The number of rotatable bonds is 2. The lowest BCUT2D eigenvalue weighted by Gasteiger charge is -2.12. The summed E-state index contributed by atoms with van der Waals surface area (Å²) in [6, 6.07) is 9.45. The Labute approximate surface area is 122 Å². The van der Waals surface area contributed by atoms with Crippen LogP contribution < -0.4 is 5.32 Å². The molecule has 0 unspecified atom stereocenters. The zero-order valence-corrected chi connectivity index (χ0v) is 11.9. The van der Waals surface area contributed by atoms with Gasteiger partial charge >= 0.3 is 0 Å². The van der Waals surface area contributed by atoms with Crippen LogP contribution in [0.4, 0.5) is 5.69 Å². The maximum atomic E-state index is 12.3. The largest absolute Gasteiger partial charge is 0.321 e. The quantitative estimate of drug-likeness (QED) is 0.780. The van der Waals surface area contributed by atoms with Crippen molar-refractivity contribution in [1.82, 2.24) is 9.97 Å². The molecule has 1 N–H and O–H groups in total. The van der Waals surface area contributed by atoms with Gasteiger partial charge in [0.25, 0.3) is 5.91 Å². The highest BCUT2D eigenvalue weighted by atomic mass is 16.1. The highest BCUT2D eigenvalue weighted by molar-refractivity contribution is 6.10. The second kappa shape index (κ2) is 5.32. The van der Waals surface area contributed by atoms with Crippen LogP contribution in [0.2, 0.25) is 0 Å². The predicted octanol–water partition coefficient (Wildman–Crippen LogP) is 3.50. The summed E-state index contributed by atoms with van der Waals surface area (Å²) in [7, 11) is 0. The molecule has 4 nitrogen and oxygen atoms in total. The average Bonchev–Trinajstić information content (AvgIpc) is 2.51. The van der Waals surface area contributed by atoms with Gasteiger partial charge in [0.1, 0.15) is 0 Å². The van der Waals surface area contributed by atoms with E-state index in [1.54, 1.807) is 30.7 Å². The fourth-order valence-corrected chi connectivity index (χ4v) is 2.36. The van der Waals surface area contributed by atoms with Crippen LogP contribution in [0.5, 0.6) is 0 Å². The van der Waals surface area contributed by atoms with Crippen molar-refractivity contribution >= 4 is 22.4 Å². The number of aryl methyl sites for hydroxylation is 2. The van der Waals surface area contributed by atoms with Crippen molar-refractivity contribution in [2.24, 2.45) is 0 Å². The number of hydrogen-bond donors (Lipinski definition) is 1. The number of amides is 1. The number of pyridine rings is 2. The third-order valence-electron chi connectivity index (χ3n) is 3.52. The molecule has 0 saturated carbocycles. The van der Waals surface area contributed by atoms with E-state index < -0.39 is 0 Å². The molecule has 0 spiro atoms. The van der Waals surface area contributed by atoms with Crippen molar-refractivity contribution in [1.29, 1.82) is 0 Å². The average molecular weight is 277 g/mol. The van der Waals surface area contributed by atoms with E-state index in [4.69, 9.17) is 0 Å². The van der Waals surface area contributed by atoms with Crippen molar-refractivity contribution in [2.75, 3.05) is 5.32 Å². The van der Waals surface area contributed by atoms with E-state index in [-0.39, 0.29) is 5.91 Å². The van der Waals surface area contributed by atoms with Crippen molar-refractivity contribution in [3.05, 3.63) is 65.7 Å². The Bertz CT molecular complexity index is 813. The Morgan fingerprint density at radius 3 is 2.67 bits per heavy atom. The Morgan fingerprint density at radius 2 is 1.90 bits per heavy atom. The van der Waals surface area contributed by atoms with Crippen LogP contribution in [0.1, 0.15) is 21.6 Å². The van der Waals surface area contributed by atoms with Crippen LogP contribution in [0.25, 0.3) is 10.8 Å². The number of carbonyl (C=O) groups excluding carboxylic acids is 1. The van der Waals surface area contributed by atoms with E-state index in [9.17, 15) is 4.79 Å². The summed E-state index contributed by atoms with van der Waals surface area (Å²) in [5.41, 5.74) is 3.33. The van der Waals surface area contributed by atoms with Crippen molar-refractivity contribution in [3.63, 3.8) is 0 Å². The summed E-state index contributed by atoms with van der Waals surface area (Å²) in [5, 5.41) is 5.04. The van der Waals surface area contributed by atoms with E-state index in [0.717, 1.165) is 27.7 Å². The molecule has 1 amide bonds. The minimum Gasteiger partial charge on any atom is -0.321 e. The monoisotopic (exact) mass is 277 g/mol. The predicted molar refractivity (Wildman–Crippen MR) is 83.4 cm³/mol. The SMILES string of the molecule is Cc1ccc2c(C)nccc2c1NC(=O)c1cccnc1. The van der Waals surface area contributed by atoms with Gasteiger partial charge in [-0.2, -0.15) is 0 Å². The molecule has 3 aromatic rings. The number of anilines is 1. The third kappa shape index (κ3) is 2.48. The number of aromatic nitrogens is 2. The van der Waals surface area contributed by atoms with Gasteiger partial charge in [0.05, 0.1) is 11.3 Å². The standard InChI is InChI=1S/C17H15N3O/c1-11-5-6-14-12(2)19-9-7-15(14)16(11)20-17(21)13-4-3-8-18-10-13/h3-10H,1-2H3,(H,20,21). The van der Waals surface area contributed by atoms with Crippen molar-refractivity contribution < 1.29 is 4.79 Å². The van der Waals surface area contributed by atoms with Gasteiger partial charge in [0.2, 0.25) is 0 Å². The van der Waals surface area contributed by atoms with E-state index >= 15 is 0 Å². The first-order valence-electron chi connectivity index (χ1n) is 6.73. The number of nitrogens with one attached hydrogen (secondary N) is 1. The Balaban J connectivity index is 2.06. The lowest BCUT2D eigenvalue weighted by atomic mass is 10.0. The lowest BCUT2D eigenvalue weighted by Crippen LogP contribution is -2.13. The van der Waals surface area contributed by atoms with Gasteiger partial charge in [-0.1, -0.05) is 12.1 Å². The zero-order chi connectivity index (χ0) is 14.8. The van der Waals surface area contributed by atoms with Gasteiger partial charge in [-0.05, 0) is 37.6 Å². The fraction of sp³-hybridized carbons (Fsp3) is 0.118. The molecule has 0 radical (unpaired) electrons. The normalized spacial score (nSPS) is 10.6. The Kier molecular flexibility index (Phi) is 3.36. The molecule has 0 aliphatic heterocycles. The molecule has 0 bridgehead atoms. The molecular weight excluding hydrogens is 262 g/mol. The summed E-state index contributed by atoms with van der Waals surface area (Å²) in [4.78, 5) is 20.6. The molecule has 4 heteroatoms. The molecule has 0 aliphatic rings. The van der Waals surface area contributed by atoms with E-state index in [1.165, 1.54) is 0 Å². The number of nitrogens with zero attached hydrogens (tertiary/aromatic N) is 2. The number of carbonyl (C=O) groups is 1. The van der Waals surface area contributed by atoms with Crippen LogP contribution in [-0.4, -0.2) is 15.9 Å². The first kappa shape index (κ1) is 13.2. The number of benzene rings is 1. The maximum absolute atomic E-state index is 12.3. The molecule has 104 valence electrons. The summed E-state index contributed by atoms with van der Waals surface area (Å²) in [6.45, 7) is 3.94. The van der Waals surface area contributed by atoms with Gasteiger partial charge in [0.15, 0.2) is 0 Å². The first-order chi connectivity index (χ1) is 10.2. The topological polar surface area (TPSA) is 54.9 Å². The van der Waals surface area contributed by atoms with Crippen molar-refractivity contribution in [2.45, 2.75) is 13.8 Å². The molecule has 0 atom stereocenters. The fourth-order valence-electron chi connectivity index (χ4n) is 2.36. The van der Waals surface area contributed by atoms with Crippen LogP contribution in [0.3, 0.4) is 0 Å². The highest BCUT2D eigenvalue weighted by Crippen LogP contribution is 2.28. The van der Waals surface area contributed by atoms with Crippen LogP contribution >= 0.6 is 0 Å². The smallest absolute Gasteiger partial charge is 0.257 e. The Morgan fingerprint density at radius 1 is 1.05 bits per heavy atom. The molecule has 21 heavy (non-hydrogen) atoms. The summed E-state index contributed by atoms with van der Waals surface area (Å²) in [6.07, 6.45) is 4.97. The van der Waals surface area contributed by atoms with E-state index in [1.807, 2.05) is 32.0 Å². The minimum absolute atomic E-state index is 0.159. The summed E-state index contributed by atoms with van der Waals surface area (Å²) in [5.74, 6) is -0.159. The highest BCUT2D eigenvalue weighted by Gasteiger charge is 2.11. The van der Waals surface area contributed by atoms with Crippen LogP contribution in [-0.2, 0) is 0 Å². The van der Waals surface area contributed by atoms with Gasteiger partial charge in [0, 0.05) is 35.1 Å². The molecule has 2 aromatic heterocycles. The van der Waals surface area contributed by atoms with E-state index in [0.29, 0.717) is 5.56 Å². The molecule has 0 aliphatic carbocycles. The van der Waals surface area contributed by atoms with Crippen LogP contribution in [0, 0.1) is 13.8 Å². The summed E-state index contributed by atoms with van der Waals surface area (Å²) < 4.78 is 0. The van der Waals surface area contributed by atoms with Gasteiger partial charge in [-0.25, -0.2) is 0 Å². The molecule has 3 rings (SSSR count). The van der Waals surface area contributed by atoms with Gasteiger partial charge < -0.3 is 5.32 Å². The van der Waals surface area contributed by atoms with Crippen LogP contribution in [0.15, 0.2) is 48.9 Å². The molecule has 0 fully saturated rings. The molecule has 2 heterocycles. The first-order valence-corrected chi connectivity index (χ1v) is 6.73. The molecule has 0 saturated heterocycles. The second-order valence-corrected chi connectivity index (χ2v) is 4.94. The van der Waals surface area contributed by atoms with E-state index in [2.05, 4.69) is 15.3 Å². The third-order valence-corrected chi connectivity index (χ3v) is 3.52. The number of hydrogen-bond acceptors (Lipinski definition) is 3. The van der Waals surface area contributed by atoms with Crippen molar-refractivity contribution in [3.8, 4) is 0 Å². The number of fused-ring (bicyclic) bond motifs is 1. The second-order valence-electron chi connectivity index (χ2n) is 4.94. The minimum atomic E-state index is -0.159. The van der Waals surface area contributed by atoms with Gasteiger partial charge in [-0.3, -0.25) is 14.8 Å². The molecule has 1 aromatic carbocycles. The zero-order valence-electron chi connectivity index (χ0n) is 11.9. The Hall–Kier alpha value is -2.75.